The molecule has 2 aromatic heterocycles. The second-order valence-corrected chi connectivity index (χ2v) is 12.1. The molecule has 0 bridgehead atoms. The molecule has 0 unspecified atom stereocenters. The van der Waals surface area contributed by atoms with Gasteiger partial charge in [-0.2, -0.15) is 0 Å². The fourth-order valence-electron chi connectivity index (χ4n) is 3.36. The van der Waals surface area contributed by atoms with Gasteiger partial charge in [0.05, 0.1) is 46.1 Å². The van der Waals surface area contributed by atoms with Crippen molar-refractivity contribution in [1.29, 1.82) is 0 Å². The van der Waals surface area contributed by atoms with Crippen molar-refractivity contribution in [2.24, 2.45) is 0 Å². The van der Waals surface area contributed by atoms with Crippen LogP contribution in [0.1, 0.15) is 11.4 Å². The van der Waals surface area contributed by atoms with Crippen LogP contribution in [0.25, 0.3) is 0 Å². The minimum absolute atomic E-state index is 0.0870. The maximum Gasteiger partial charge on any atom is 0.292 e. The summed E-state index contributed by atoms with van der Waals surface area (Å²) in [6, 6.07) is 21.6. The van der Waals surface area contributed by atoms with Crippen molar-refractivity contribution in [2.75, 3.05) is 20.0 Å². The van der Waals surface area contributed by atoms with E-state index in [9.17, 15) is 26.9 Å². The van der Waals surface area contributed by atoms with E-state index in [2.05, 4.69) is 9.97 Å². The summed E-state index contributed by atoms with van der Waals surface area (Å²) < 4.78 is 58.8. The molecule has 4 rings (SSSR count). The van der Waals surface area contributed by atoms with E-state index in [-0.39, 0.29) is 32.8 Å². The molecule has 4 aromatic rings. The number of hydrogen-bond acceptors (Lipinski definition) is 11. The maximum absolute atomic E-state index is 12.3. The Morgan fingerprint density at radius 3 is 1.57 bits per heavy atom. The fourth-order valence-corrected chi connectivity index (χ4v) is 6.00. The Bertz CT molecular complexity index is 1680. The Labute approximate surface area is 231 Å². The Kier molecular flexibility index (Phi) is 9.74. The standard InChI is InChI=1S/C13H12N2O5S.C13H14N2O3S/c1-20-13-8-7-12(15(16)17)11(14-13)9-21(18,19)10-5-3-2-4-6-10;1-18-13-8-7-11(14)12(15-13)9-19(16,17)10-5-3-2-4-6-10/h2-8H,9H2,1H3;2-8H,9,14H2,1H3. The smallest absolute Gasteiger partial charge is 0.292 e. The highest BCUT2D eigenvalue weighted by Crippen LogP contribution is 2.25. The molecule has 14 heteroatoms. The lowest BCUT2D eigenvalue weighted by atomic mass is 10.3. The zero-order valence-electron chi connectivity index (χ0n) is 21.5. The van der Waals surface area contributed by atoms with Gasteiger partial charge in [0.1, 0.15) is 11.4 Å². The number of nitrogen functional groups attached to an aromatic ring is 1. The summed E-state index contributed by atoms with van der Waals surface area (Å²) in [5, 5.41) is 11.0. The molecule has 40 heavy (non-hydrogen) atoms. The Morgan fingerprint density at radius 1 is 0.700 bits per heavy atom. The molecule has 0 atom stereocenters. The van der Waals surface area contributed by atoms with Crippen LogP contribution in [0.15, 0.2) is 94.7 Å². The SMILES string of the molecule is COc1ccc(N)c(CS(=O)(=O)c2ccccc2)n1.COc1ccc([N+](=O)[O-])c(CS(=O)(=O)c2ccccc2)n1. The van der Waals surface area contributed by atoms with E-state index in [1.54, 1.807) is 60.7 Å². The average molecular weight is 587 g/mol. The predicted molar refractivity (Wildman–Crippen MR) is 147 cm³/mol. The third kappa shape index (κ3) is 7.74. The number of pyridine rings is 2. The van der Waals surface area contributed by atoms with Gasteiger partial charge in [0.2, 0.25) is 11.8 Å². The van der Waals surface area contributed by atoms with Gasteiger partial charge >= 0.3 is 0 Å². The van der Waals surface area contributed by atoms with Crippen molar-refractivity contribution in [1.82, 2.24) is 9.97 Å². The second-order valence-electron chi connectivity index (χ2n) is 8.11. The number of hydrogen-bond donors (Lipinski definition) is 1. The van der Waals surface area contributed by atoms with Crippen LogP contribution < -0.4 is 15.2 Å². The first-order chi connectivity index (χ1) is 19.0. The number of rotatable bonds is 9. The van der Waals surface area contributed by atoms with Crippen LogP contribution in [0.5, 0.6) is 11.8 Å². The minimum atomic E-state index is -3.72. The number of nitro groups is 1. The molecule has 0 fully saturated rings. The summed E-state index contributed by atoms with van der Waals surface area (Å²) in [6.45, 7) is 0. The van der Waals surface area contributed by atoms with E-state index < -0.39 is 30.4 Å². The summed E-state index contributed by atoms with van der Waals surface area (Å²) >= 11 is 0. The highest BCUT2D eigenvalue weighted by Gasteiger charge is 2.24. The summed E-state index contributed by atoms with van der Waals surface area (Å²) in [4.78, 5) is 18.6. The summed E-state index contributed by atoms with van der Waals surface area (Å²) in [5.74, 6) is -0.351. The van der Waals surface area contributed by atoms with Gasteiger partial charge in [-0.05, 0) is 30.3 Å². The summed E-state index contributed by atoms with van der Waals surface area (Å²) in [7, 11) is -4.36. The molecule has 2 heterocycles. The van der Waals surface area contributed by atoms with E-state index in [0.29, 0.717) is 17.3 Å². The number of anilines is 1. The molecule has 210 valence electrons. The van der Waals surface area contributed by atoms with Crippen molar-refractivity contribution in [3.05, 3.63) is 106 Å². The first-order valence-electron chi connectivity index (χ1n) is 11.5. The number of nitrogens with zero attached hydrogens (tertiary/aromatic N) is 3. The van der Waals surface area contributed by atoms with Crippen LogP contribution in [0, 0.1) is 10.1 Å². The van der Waals surface area contributed by atoms with Crippen LogP contribution in [-0.4, -0.2) is 45.9 Å². The van der Waals surface area contributed by atoms with Crippen molar-refractivity contribution in [3.8, 4) is 11.8 Å². The average Bonchev–Trinajstić information content (AvgIpc) is 2.95. The van der Waals surface area contributed by atoms with Crippen molar-refractivity contribution in [2.45, 2.75) is 21.3 Å². The lowest BCUT2D eigenvalue weighted by Crippen LogP contribution is -2.09. The predicted octanol–water partition coefficient (Wildman–Crippen LogP) is 3.62. The zero-order valence-corrected chi connectivity index (χ0v) is 23.1. The van der Waals surface area contributed by atoms with Crippen LogP contribution in [0.2, 0.25) is 0 Å². The summed E-state index contributed by atoms with van der Waals surface area (Å²) in [5.41, 5.74) is 5.87. The van der Waals surface area contributed by atoms with Gasteiger partial charge in [0.15, 0.2) is 19.7 Å². The molecule has 0 saturated carbocycles. The molecule has 0 radical (unpaired) electrons. The van der Waals surface area contributed by atoms with Gasteiger partial charge in [-0.15, -0.1) is 0 Å². The number of benzene rings is 2. The van der Waals surface area contributed by atoms with Gasteiger partial charge in [-0.25, -0.2) is 26.8 Å². The first-order valence-corrected chi connectivity index (χ1v) is 14.8. The van der Waals surface area contributed by atoms with Crippen molar-refractivity contribution < 1.29 is 31.2 Å². The van der Waals surface area contributed by atoms with E-state index in [1.165, 1.54) is 38.5 Å². The lowest BCUT2D eigenvalue weighted by Gasteiger charge is -2.08. The van der Waals surface area contributed by atoms with E-state index in [0.717, 1.165) is 0 Å². The maximum atomic E-state index is 12.3. The highest BCUT2D eigenvalue weighted by molar-refractivity contribution is 7.91. The lowest BCUT2D eigenvalue weighted by molar-refractivity contribution is -0.385. The van der Waals surface area contributed by atoms with E-state index in [4.69, 9.17) is 15.2 Å². The molecule has 0 aliphatic heterocycles. The quantitative estimate of drug-likeness (QED) is 0.223. The van der Waals surface area contributed by atoms with Gasteiger partial charge < -0.3 is 15.2 Å². The van der Waals surface area contributed by atoms with E-state index in [1.807, 2.05) is 0 Å². The molecule has 2 aromatic carbocycles. The van der Waals surface area contributed by atoms with Gasteiger partial charge in [0.25, 0.3) is 5.69 Å². The molecule has 2 N–H and O–H groups in total. The Hall–Kier alpha value is -4.56. The molecule has 0 spiro atoms. The normalized spacial score (nSPS) is 11.2. The third-order valence-corrected chi connectivity index (χ3v) is 8.67. The van der Waals surface area contributed by atoms with Crippen molar-refractivity contribution >= 4 is 31.0 Å². The minimum Gasteiger partial charge on any atom is -0.481 e. The number of nitrogens with two attached hydrogens (primary N) is 1. The highest BCUT2D eigenvalue weighted by atomic mass is 32.2. The zero-order chi connectivity index (χ0) is 29.3. The van der Waals surface area contributed by atoms with Crippen LogP contribution in [-0.2, 0) is 31.2 Å². The topological polar surface area (TPSA) is 182 Å². The van der Waals surface area contributed by atoms with E-state index >= 15 is 0 Å². The molecule has 0 aliphatic rings. The monoisotopic (exact) mass is 586 g/mol. The molecule has 0 saturated heterocycles. The number of aromatic nitrogens is 2. The molecular weight excluding hydrogens is 560 g/mol. The molecule has 12 nitrogen and oxygen atoms in total. The van der Waals surface area contributed by atoms with Crippen molar-refractivity contribution in [3.63, 3.8) is 0 Å². The largest absolute Gasteiger partial charge is 0.481 e. The first kappa shape index (κ1) is 30.0. The fraction of sp³-hybridized carbons (Fsp3) is 0.154. The number of methoxy groups -OCH3 is 2. The number of ether oxygens (including phenoxy) is 2. The Morgan fingerprint density at radius 2 is 1.12 bits per heavy atom. The van der Waals surface area contributed by atoms with Gasteiger partial charge in [-0.3, -0.25) is 10.1 Å². The Balaban J connectivity index is 0.000000222. The van der Waals surface area contributed by atoms with Gasteiger partial charge in [0, 0.05) is 18.2 Å². The summed E-state index contributed by atoms with van der Waals surface area (Å²) in [6.07, 6.45) is 0. The molecule has 0 amide bonds. The van der Waals surface area contributed by atoms with Crippen LogP contribution in [0.3, 0.4) is 0 Å². The molecular formula is C26H26N4O8S2. The number of sulfone groups is 2. The third-order valence-electron chi connectivity index (χ3n) is 5.38. The van der Waals surface area contributed by atoms with Gasteiger partial charge in [-0.1, -0.05) is 36.4 Å². The van der Waals surface area contributed by atoms with Crippen LogP contribution >= 0.6 is 0 Å². The second kappa shape index (κ2) is 13.0. The molecule has 0 aliphatic carbocycles. The van der Waals surface area contributed by atoms with Crippen LogP contribution in [0.4, 0.5) is 11.4 Å².